The van der Waals surface area contributed by atoms with Crippen molar-refractivity contribution < 1.29 is 14.4 Å². The van der Waals surface area contributed by atoms with E-state index >= 15 is 0 Å². The number of benzene rings is 2. The van der Waals surface area contributed by atoms with Gasteiger partial charge in [0.25, 0.3) is 11.8 Å². The van der Waals surface area contributed by atoms with Crippen molar-refractivity contribution in [3.8, 4) is 5.82 Å². The van der Waals surface area contributed by atoms with Crippen LogP contribution in [0.4, 0.5) is 5.69 Å². The smallest absolute Gasteiger partial charge is 0.274 e. The van der Waals surface area contributed by atoms with Gasteiger partial charge in [0.1, 0.15) is 24.9 Å². The number of fused-ring (bicyclic) bond motifs is 1. The van der Waals surface area contributed by atoms with Gasteiger partial charge in [0.15, 0.2) is 5.82 Å². The zero-order chi connectivity index (χ0) is 26.3. The molecular weight excluding hydrogens is 486 g/mol. The number of hydrogen-bond donors (Lipinski definition) is 3. The summed E-state index contributed by atoms with van der Waals surface area (Å²) >= 11 is 0. The summed E-state index contributed by atoms with van der Waals surface area (Å²) in [6.45, 7) is 0.614. The van der Waals surface area contributed by atoms with Crippen LogP contribution >= 0.6 is 0 Å². The van der Waals surface area contributed by atoms with E-state index in [4.69, 9.17) is 0 Å². The monoisotopic (exact) mass is 509 g/mol. The molecule has 0 aliphatic carbocycles. The molecule has 0 saturated carbocycles. The van der Waals surface area contributed by atoms with E-state index in [9.17, 15) is 14.4 Å². The molecule has 190 valence electrons. The molecule has 12 nitrogen and oxygen atoms in total. The van der Waals surface area contributed by atoms with Gasteiger partial charge < -0.3 is 16.0 Å². The van der Waals surface area contributed by atoms with Crippen molar-refractivity contribution in [2.75, 3.05) is 18.4 Å². The molecule has 3 aromatic heterocycles. The number of rotatable bonds is 9. The highest BCUT2D eigenvalue weighted by molar-refractivity contribution is 6.04. The van der Waals surface area contributed by atoms with Gasteiger partial charge in [-0.1, -0.05) is 24.3 Å². The van der Waals surface area contributed by atoms with Gasteiger partial charge in [0, 0.05) is 35.9 Å². The summed E-state index contributed by atoms with van der Waals surface area (Å²) in [4.78, 5) is 45.3. The molecule has 0 aliphatic heterocycles. The number of nitrogens with zero attached hydrogens (tertiary/aromatic N) is 6. The van der Waals surface area contributed by atoms with Crippen molar-refractivity contribution in [3.05, 3.63) is 96.8 Å². The first-order valence-electron chi connectivity index (χ1n) is 11.8. The minimum Gasteiger partial charge on any atom is -0.353 e. The van der Waals surface area contributed by atoms with E-state index in [1.807, 2.05) is 6.07 Å². The molecule has 0 unspecified atom stereocenters. The maximum Gasteiger partial charge on any atom is 0.274 e. The second-order valence-electron chi connectivity index (χ2n) is 8.25. The lowest BCUT2D eigenvalue weighted by Crippen LogP contribution is -2.36. The summed E-state index contributed by atoms with van der Waals surface area (Å²) in [5, 5.41) is 17.6. The van der Waals surface area contributed by atoms with Crippen molar-refractivity contribution in [3.63, 3.8) is 0 Å². The molecule has 38 heavy (non-hydrogen) atoms. The van der Waals surface area contributed by atoms with Crippen LogP contribution in [0.15, 0.2) is 85.6 Å². The van der Waals surface area contributed by atoms with Crippen molar-refractivity contribution >= 4 is 34.3 Å². The largest absolute Gasteiger partial charge is 0.353 e. The maximum absolute atomic E-state index is 12.8. The van der Waals surface area contributed by atoms with E-state index in [0.717, 1.165) is 5.39 Å². The number of nitrogens with one attached hydrogen (secondary N) is 3. The lowest BCUT2D eigenvalue weighted by atomic mass is 10.2. The third-order valence-electron chi connectivity index (χ3n) is 5.50. The van der Waals surface area contributed by atoms with Gasteiger partial charge in [-0.2, -0.15) is 10.2 Å². The minimum atomic E-state index is -0.377. The molecule has 0 fully saturated rings. The van der Waals surface area contributed by atoms with Crippen LogP contribution in [0.3, 0.4) is 0 Å². The average Bonchev–Trinajstić information content (AvgIpc) is 3.61. The summed E-state index contributed by atoms with van der Waals surface area (Å²) in [6.07, 6.45) is 4.62. The fourth-order valence-corrected chi connectivity index (χ4v) is 3.71. The molecule has 3 heterocycles. The summed E-state index contributed by atoms with van der Waals surface area (Å²) in [6, 6.07) is 19.2. The van der Waals surface area contributed by atoms with E-state index in [1.165, 1.54) is 22.0 Å². The highest BCUT2D eigenvalue weighted by Crippen LogP contribution is 2.19. The summed E-state index contributed by atoms with van der Waals surface area (Å²) in [5.74, 6) is -0.334. The molecule has 2 aromatic carbocycles. The van der Waals surface area contributed by atoms with Gasteiger partial charge in [0.05, 0.1) is 5.52 Å². The van der Waals surface area contributed by atoms with Crippen LogP contribution in [0, 0.1) is 0 Å². The Balaban J connectivity index is 1.14. The summed E-state index contributed by atoms with van der Waals surface area (Å²) < 4.78 is 2.99. The molecule has 5 rings (SSSR count). The molecule has 3 amide bonds. The Morgan fingerprint density at radius 2 is 1.71 bits per heavy atom. The van der Waals surface area contributed by atoms with Gasteiger partial charge in [-0.3, -0.25) is 19.1 Å². The Morgan fingerprint density at radius 1 is 0.868 bits per heavy atom. The van der Waals surface area contributed by atoms with Crippen molar-refractivity contribution in [1.82, 2.24) is 40.2 Å². The topological polar surface area (TPSA) is 149 Å². The molecule has 12 heteroatoms. The van der Waals surface area contributed by atoms with Gasteiger partial charge in [-0.05, 0) is 42.5 Å². The molecule has 0 atom stereocenters. The maximum atomic E-state index is 12.8. The normalized spacial score (nSPS) is 10.7. The van der Waals surface area contributed by atoms with E-state index < -0.39 is 0 Å². The van der Waals surface area contributed by atoms with Gasteiger partial charge in [-0.15, -0.1) is 0 Å². The molecule has 0 radical (unpaired) electrons. The van der Waals surface area contributed by atoms with Crippen LogP contribution in [0.25, 0.3) is 16.7 Å². The van der Waals surface area contributed by atoms with Crippen molar-refractivity contribution in [2.45, 2.75) is 6.54 Å². The lowest BCUT2D eigenvalue weighted by molar-refractivity contribution is -0.121. The first-order chi connectivity index (χ1) is 18.5. The van der Waals surface area contributed by atoms with E-state index in [-0.39, 0.29) is 30.0 Å². The average molecular weight is 510 g/mol. The number of aromatic nitrogens is 6. The highest BCUT2D eigenvalue weighted by Gasteiger charge is 2.12. The van der Waals surface area contributed by atoms with E-state index in [1.54, 1.807) is 66.9 Å². The Labute approximate surface area is 216 Å². The highest BCUT2D eigenvalue weighted by atomic mass is 16.2. The predicted molar refractivity (Wildman–Crippen MR) is 139 cm³/mol. The van der Waals surface area contributed by atoms with Crippen LogP contribution < -0.4 is 16.0 Å². The Hall–Kier alpha value is -5.39. The van der Waals surface area contributed by atoms with Gasteiger partial charge in [-0.25, -0.2) is 14.6 Å². The second-order valence-corrected chi connectivity index (χ2v) is 8.25. The number of carbonyl (C=O) groups excluding carboxylic acids is 3. The summed E-state index contributed by atoms with van der Waals surface area (Å²) in [7, 11) is 0. The first kappa shape index (κ1) is 24.3. The number of hydrogen-bond acceptors (Lipinski definition) is 7. The second kappa shape index (κ2) is 11.1. The zero-order valence-corrected chi connectivity index (χ0v) is 20.1. The minimum absolute atomic E-state index is 0.0159. The van der Waals surface area contributed by atoms with Gasteiger partial charge >= 0.3 is 0 Å². The van der Waals surface area contributed by atoms with E-state index in [2.05, 4.69) is 36.1 Å². The lowest BCUT2D eigenvalue weighted by Gasteiger charge is -2.07. The fourth-order valence-electron chi connectivity index (χ4n) is 3.71. The molecule has 5 aromatic rings. The number of anilines is 1. The number of pyridine rings is 1. The van der Waals surface area contributed by atoms with Crippen LogP contribution in [-0.4, -0.2) is 60.3 Å². The number of carbonyl (C=O) groups is 3. The molecule has 0 saturated heterocycles. The van der Waals surface area contributed by atoms with Crippen molar-refractivity contribution in [2.24, 2.45) is 0 Å². The van der Waals surface area contributed by atoms with Crippen LogP contribution in [-0.2, 0) is 11.3 Å². The van der Waals surface area contributed by atoms with Crippen LogP contribution in [0.2, 0.25) is 0 Å². The number of amides is 3. The SMILES string of the molecule is O=C(Cn1cc2cc(NC(=O)c3cccc(-n4cncn4)n3)ccc2n1)NCCNC(=O)c1ccccc1. The standard InChI is InChI=1S/C26H23N9O3/c36-24(28-11-12-29-25(37)18-5-2-1-3-6-18)15-34-14-19-13-20(9-10-21(19)33-34)31-26(38)22-7-4-8-23(32-22)35-17-27-16-30-35/h1-10,13-14,16-17H,11-12,15H2,(H,28,36)(H,29,37)(H,31,38). The molecule has 0 bridgehead atoms. The van der Waals surface area contributed by atoms with Crippen LogP contribution in [0.5, 0.6) is 0 Å². The first-order valence-corrected chi connectivity index (χ1v) is 11.8. The Morgan fingerprint density at radius 3 is 2.53 bits per heavy atom. The predicted octanol–water partition coefficient (Wildman–Crippen LogP) is 1.81. The summed E-state index contributed by atoms with van der Waals surface area (Å²) in [5.41, 5.74) is 2.03. The molecule has 3 N–H and O–H groups in total. The third kappa shape index (κ3) is 5.87. The molecular formula is C26H23N9O3. The third-order valence-corrected chi connectivity index (χ3v) is 5.50. The molecule has 0 spiro atoms. The van der Waals surface area contributed by atoms with Crippen molar-refractivity contribution in [1.29, 1.82) is 0 Å². The quantitative estimate of drug-likeness (QED) is 0.257. The Bertz CT molecular complexity index is 1580. The fraction of sp³-hybridized carbons (Fsp3) is 0.115. The van der Waals surface area contributed by atoms with Gasteiger partial charge in [0.2, 0.25) is 5.91 Å². The van der Waals surface area contributed by atoms with E-state index in [0.29, 0.717) is 35.7 Å². The van der Waals surface area contributed by atoms with Crippen LogP contribution in [0.1, 0.15) is 20.8 Å². The molecule has 0 aliphatic rings. The Kier molecular flexibility index (Phi) is 7.11. The zero-order valence-electron chi connectivity index (χ0n) is 20.1.